The molecule has 1 aromatic rings. The molecule has 76 valence electrons. The van der Waals surface area contributed by atoms with Gasteiger partial charge in [0.1, 0.15) is 5.78 Å². The highest BCUT2D eigenvalue weighted by Crippen LogP contribution is 2.17. The van der Waals surface area contributed by atoms with Crippen molar-refractivity contribution in [1.29, 1.82) is 0 Å². The lowest BCUT2D eigenvalue weighted by molar-refractivity contribution is -0.115. The normalized spacial score (nSPS) is 10.2. The van der Waals surface area contributed by atoms with Gasteiger partial charge in [0.05, 0.1) is 5.33 Å². The Morgan fingerprint density at radius 3 is 2.71 bits per heavy atom. The van der Waals surface area contributed by atoms with Gasteiger partial charge in [0, 0.05) is 15.9 Å². The molecule has 14 heavy (non-hydrogen) atoms. The van der Waals surface area contributed by atoms with E-state index in [0.717, 1.165) is 14.7 Å². The van der Waals surface area contributed by atoms with Crippen molar-refractivity contribution in [3.8, 4) is 0 Å². The van der Waals surface area contributed by atoms with Crippen LogP contribution >= 0.6 is 50.1 Å². The van der Waals surface area contributed by atoms with Gasteiger partial charge in [0.25, 0.3) is 0 Å². The summed E-state index contributed by atoms with van der Waals surface area (Å²) in [5.41, 5.74) is 2.16. The first-order valence-electron chi connectivity index (χ1n) is 4.08. The first-order chi connectivity index (χ1) is 6.67. The number of carbonyl (C=O) groups is 1. The summed E-state index contributed by atoms with van der Waals surface area (Å²) in [7, 11) is 0. The van der Waals surface area contributed by atoms with Crippen LogP contribution in [0.5, 0.6) is 0 Å². The Kier molecular flexibility index (Phi) is 5.41. The fourth-order valence-corrected chi connectivity index (χ4v) is 2.21. The monoisotopic (exact) mass is 386 g/mol. The van der Waals surface area contributed by atoms with E-state index in [9.17, 15) is 4.79 Å². The number of alkyl halides is 2. The lowest BCUT2D eigenvalue weighted by Crippen LogP contribution is -2.05. The van der Waals surface area contributed by atoms with Crippen LogP contribution in [0.2, 0.25) is 0 Å². The van der Waals surface area contributed by atoms with Crippen molar-refractivity contribution in [3.05, 3.63) is 32.9 Å². The van der Waals surface area contributed by atoms with E-state index in [2.05, 4.69) is 38.5 Å². The predicted molar refractivity (Wildman–Crippen MR) is 71.2 cm³/mol. The molecule has 0 spiro atoms. The van der Waals surface area contributed by atoms with E-state index in [1.165, 1.54) is 0 Å². The minimum atomic E-state index is 0.196. The van der Waals surface area contributed by atoms with Gasteiger partial charge in [-0.1, -0.05) is 28.1 Å². The fraction of sp³-hybridized carbons (Fsp3) is 0.300. The van der Waals surface area contributed by atoms with Crippen LogP contribution in [0.25, 0.3) is 0 Å². The Hall–Kier alpha value is 0.390. The topological polar surface area (TPSA) is 17.1 Å². The third-order valence-electron chi connectivity index (χ3n) is 1.81. The Labute approximate surface area is 110 Å². The molecule has 0 heterocycles. The van der Waals surface area contributed by atoms with E-state index in [1.807, 2.05) is 18.2 Å². The standard InChI is InChI=1S/C10H9BrClIO/c11-5-9(14)4-8-2-1-7(6-12)3-10(8)13/h1-3H,4-6H2. The Bertz CT molecular complexity index is 341. The van der Waals surface area contributed by atoms with Gasteiger partial charge in [-0.25, -0.2) is 0 Å². The summed E-state index contributed by atoms with van der Waals surface area (Å²) in [6.07, 6.45) is 0.492. The van der Waals surface area contributed by atoms with E-state index in [4.69, 9.17) is 11.6 Å². The molecule has 1 rings (SSSR count). The molecule has 0 aliphatic heterocycles. The third kappa shape index (κ3) is 3.51. The number of carbonyl (C=O) groups excluding carboxylic acids is 1. The van der Waals surface area contributed by atoms with E-state index in [0.29, 0.717) is 17.6 Å². The van der Waals surface area contributed by atoms with Crippen LogP contribution in [0.3, 0.4) is 0 Å². The van der Waals surface area contributed by atoms with Crippen molar-refractivity contribution < 1.29 is 4.79 Å². The van der Waals surface area contributed by atoms with Crippen LogP contribution in [-0.2, 0) is 17.1 Å². The summed E-state index contributed by atoms with van der Waals surface area (Å²) >= 11 is 11.1. The first kappa shape index (κ1) is 12.5. The highest BCUT2D eigenvalue weighted by molar-refractivity contribution is 14.1. The van der Waals surface area contributed by atoms with E-state index in [1.54, 1.807) is 0 Å². The van der Waals surface area contributed by atoms with Gasteiger partial charge in [0.2, 0.25) is 0 Å². The zero-order valence-electron chi connectivity index (χ0n) is 7.40. The van der Waals surface area contributed by atoms with Gasteiger partial charge in [-0.2, -0.15) is 0 Å². The highest BCUT2D eigenvalue weighted by atomic mass is 127. The minimum absolute atomic E-state index is 0.196. The Morgan fingerprint density at radius 1 is 1.50 bits per heavy atom. The minimum Gasteiger partial charge on any atom is -0.298 e. The second-order valence-corrected chi connectivity index (χ2v) is 4.90. The van der Waals surface area contributed by atoms with Crippen molar-refractivity contribution in [3.63, 3.8) is 0 Å². The average molecular weight is 387 g/mol. The van der Waals surface area contributed by atoms with Crippen molar-refractivity contribution in [1.82, 2.24) is 0 Å². The van der Waals surface area contributed by atoms with Crippen LogP contribution in [-0.4, -0.2) is 11.1 Å². The van der Waals surface area contributed by atoms with Crippen LogP contribution in [0.4, 0.5) is 0 Å². The molecule has 4 heteroatoms. The lowest BCUT2D eigenvalue weighted by Gasteiger charge is -2.04. The molecule has 0 saturated heterocycles. The number of hydrogen-bond acceptors (Lipinski definition) is 1. The number of Topliss-reactive ketones (excluding diaryl/α,β-unsaturated/α-hetero) is 1. The molecule has 0 bridgehead atoms. The van der Waals surface area contributed by atoms with Crippen LogP contribution in [0.15, 0.2) is 18.2 Å². The second-order valence-electron chi connectivity index (χ2n) is 2.91. The van der Waals surface area contributed by atoms with E-state index >= 15 is 0 Å². The number of benzene rings is 1. The largest absolute Gasteiger partial charge is 0.298 e. The fourth-order valence-electron chi connectivity index (χ4n) is 1.08. The maximum absolute atomic E-state index is 11.2. The molecular weight excluding hydrogens is 378 g/mol. The van der Waals surface area contributed by atoms with Crippen molar-refractivity contribution in [2.45, 2.75) is 12.3 Å². The third-order valence-corrected chi connectivity index (χ3v) is 3.75. The van der Waals surface area contributed by atoms with E-state index in [-0.39, 0.29) is 5.78 Å². The Morgan fingerprint density at radius 2 is 2.21 bits per heavy atom. The number of halogens is 3. The Balaban J connectivity index is 2.83. The maximum atomic E-state index is 11.2. The van der Waals surface area contributed by atoms with Crippen LogP contribution < -0.4 is 0 Å². The first-order valence-corrected chi connectivity index (χ1v) is 6.81. The second kappa shape index (κ2) is 6.08. The molecule has 0 aromatic heterocycles. The molecule has 0 saturated carbocycles. The molecule has 0 amide bonds. The van der Waals surface area contributed by atoms with Gasteiger partial charge < -0.3 is 0 Å². The van der Waals surface area contributed by atoms with Crippen LogP contribution in [0.1, 0.15) is 11.1 Å². The quantitative estimate of drug-likeness (QED) is 0.571. The number of rotatable bonds is 4. The molecule has 0 fully saturated rings. The summed E-state index contributed by atoms with van der Waals surface area (Å²) in [5, 5.41) is 0.417. The van der Waals surface area contributed by atoms with Gasteiger partial charge in [-0.15, -0.1) is 11.6 Å². The molecule has 0 radical (unpaired) electrons. The van der Waals surface area contributed by atoms with Gasteiger partial charge >= 0.3 is 0 Å². The maximum Gasteiger partial charge on any atom is 0.147 e. The van der Waals surface area contributed by atoms with Crippen molar-refractivity contribution in [2.24, 2.45) is 0 Å². The van der Waals surface area contributed by atoms with E-state index < -0.39 is 0 Å². The zero-order valence-corrected chi connectivity index (χ0v) is 11.9. The predicted octanol–water partition coefficient (Wildman–Crippen LogP) is 3.54. The SMILES string of the molecule is O=C(CBr)Cc1ccc(CCl)cc1I. The molecule has 0 N–H and O–H groups in total. The summed E-state index contributed by atoms with van der Waals surface area (Å²) in [5.74, 6) is 0.712. The molecule has 0 unspecified atom stereocenters. The smallest absolute Gasteiger partial charge is 0.147 e. The molecule has 0 aliphatic carbocycles. The molecule has 0 aliphatic rings. The lowest BCUT2D eigenvalue weighted by atomic mass is 10.1. The summed E-state index contributed by atoms with van der Waals surface area (Å²) < 4.78 is 1.11. The molecule has 1 nitrogen and oxygen atoms in total. The highest BCUT2D eigenvalue weighted by Gasteiger charge is 2.05. The summed E-state index contributed by atoms with van der Waals surface area (Å²) in [4.78, 5) is 11.2. The van der Waals surface area contributed by atoms with Crippen LogP contribution in [0, 0.1) is 3.57 Å². The number of hydrogen-bond donors (Lipinski definition) is 0. The van der Waals surface area contributed by atoms with Crippen molar-refractivity contribution >= 4 is 55.9 Å². The molecular formula is C10H9BrClIO. The summed E-state index contributed by atoms with van der Waals surface area (Å²) in [6.45, 7) is 0. The van der Waals surface area contributed by atoms with Gasteiger partial charge in [-0.05, 0) is 39.8 Å². The van der Waals surface area contributed by atoms with Gasteiger partial charge in [0.15, 0.2) is 0 Å². The average Bonchev–Trinajstić information content (AvgIpc) is 2.20. The molecule has 1 aromatic carbocycles. The van der Waals surface area contributed by atoms with Crippen molar-refractivity contribution in [2.75, 3.05) is 5.33 Å². The summed E-state index contributed by atoms with van der Waals surface area (Å²) in [6, 6.07) is 5.95. The van der Waals surface area contributed by atoms with Gasteiger partial charge in [-0.3, -0.25) is 4.79 Å². The molecule has 0 atom stereocenters. The number of ketones is 1. The zero-order chi connectivity index (χ0) is 10.6.